The van der Waals surface area contributed by atoms with Crippen molar-refractivity contribution in [2.45, 2.75) is 51.6 Å². The van der Waals surface area contributed by atoms with E-state index in [4.69, 9.17) is 0 Å². The van der Waals surface area contributed by atoms with Crippen LogP contribution in [0.5, 0.6) is 0 Å². The van der Waals surface area contributed by atoms with E-state index in [0.29, 0.717) is 25.6 Å². The van der Waals surface area contributed by atoms with Gasteiger partial charge in [0.05, 0.1) is 0 Å². The number of carbonyl (C=O) groups is 1. The summed E-state index contributed by atoms with van der Waals surface area (Å²) in [5, 5.41) is 2.76. The lowest BCUT2D eigenvalue weighted by atomic mass is 9.87. The Labute approximate surface area is 147 Å². The molecule has 1 saturated carbocycles. The van der Waals surface area contributed by atoms with E-state index in [1.165, 1.54) is 10.6 Å². The van der Waals surface area contributed by atoms with Gasteiger partial charge in [-0.2, -0.15) is 0 Å². The number of nitrogens with zero attached hydrogens (tertiary/aromatic N) is 2. The highest BCUT2D eigenvalue weighted by atomic mass is 19.3. The highest BCUT2D eigenvalue weighted by Gasteiger charge is 2.46. The highest BCUT2D eigenvalue weighted by Crippen LogP contribution is 2.39. The predicted molar refractivity (Wildman–Crippen MR) is 93.1 cm³/mol. The molecular weight excluding hydrogens is 328 g/mol. The Kier molecular flexibility index (Phi) is 6.32. The van der Waals surface area contributed by atoms with E-state index < -0.39 is 5.92 Å². The van der Waals surface area contributed by atoms with Crippen LogP contribution in [-0.2, 0) is 6.54 Å². The van der Waals surface area contributed by atoms with Crippen molar-refractivity contribution in [3.8, 4) is 0 Å². The van der Waals surface area contributed by atoms with Gasteiger partial charge in [0.15, 0.2) is 0 Å². The maximum absolute atomic E-state index is 12.9. The first kappa shape index (κ1) is 19.6. The Balaban J connectivity index is 1.91. The Morgan fingerprint density at radius 3 is 2.72 bits per heavy atom. The molecule has 1 fully saturated rings. The summed E-state index contributed by atoms with van der Waals surface area (Å²) in [7, 11) is 1.79. The van der Waals surface area contributed by atoms with E-state index in [9.17, 15) is 18.4 Å². The molecule has 0 aromatic carbocycles. The second-order valence-electron chi connectivity index (χ2n) is 7.26. The SMILES string of the molecule is CC(C)CCNC(=O)c1cccn(CCN(C)C2CC(F)(F)C2)c1=O. The van der Waals surface area contributed by atoms with Crippen LogP contribution in [0.15, 0.2) is 23.1 Å². The van der Waals surface area contributed by atoms with E-state index in [0.717, 1.165) is 6.42 Å². The molecule has 0 aliphatic heterocycles. The van der Waals surface area contributed by atoms with Crippen LogP contribution in [0, 0.1) is 5.92 Å². The molecule has 7 heteroatoms. The third-order valence-corrected chi connectivity index (χ3v) is 4.66. The maximum Gasteiger partial charge on any atom is 0.263 e. The first-order valence-corrected chi connectivity index (χ1v) is 8.75. The summed E-state index contributed by atoms with van der Waals surface area (Å²) >= 11 is 0. The van der Waals surface area contributed by atoms with Crippen molar-refractivity contribution in [3.63, 3.8) is 0 Å². The van der Waals surface area contributed by atoms with Crippen LogP contribution in [0.2, 0.25) is 0 Å². The Hall–Kier alpha value is -1.76. The minimum atomic E-state index is -2.55. The molecule has 0 radical (unpaired) electrons. The molecule has 0 unspecified atom stereocenters. The lowest BCUT2D eigenvalue weighted by Gasteiger charge is -2.40. The van der Waals surface area contributed by atoms with Gasteiger partial charge in [-0.05, 0) is 31.5 Å². The van der Waals surface area contributed by atoms with Crippen molar-refractivity contribution in [2.24, 2.45) is 5.92 Å². The number of hydrogen-bond donors (Lipinski definition) is 1. The smallest absolute Gasteiger partial charge is 0.263 e. The minimum Gasteiger partial charge on any atom is -0.352 e. The molecule has 0 spiro atoms. The quantitative estimate of drug-likeness (QED) is 0.779. The number of aromatic nitrogens is 1. The molecule has 1 heterocycles. The topological polar surface area (TPSA) is 54.3 Å². The van der Waals surface area contributed by atoms with Crippen LogP contribution >= 0.6 is 0 Å². The molecule has 0 saturated heterocycles. The highest BCUT2D eigenvalue weighted by molar-refractivity contribution is 5.93. The standard InChI is InChI=1S/C18H27F2N3O2/c1-13(2)6-7-21-16(24)15-5-4-8-23(17(15)25)10-9-22(3)14-11-18(19,20)12-14/h4-5,8,13-14H,6-7,9-12H2,1-3H3,(H,21,24). The average molecular weight is 355 g/mol. The number of carbonyl (C=O) groups excluding carboxylic acids is 1. The zero-order chi connectivity index (χ0) is 18.6. The number of nitrogens with one attached hydrogen (secondary N) is 1. The third kappa shape index (κ3) is 5.36. The monoisotopic (exact) mass is 355 g/mol. The number of hydrogen-bond acceptors (Lipinski definition) is 3. The minimum absolute atomic E-state index is 0.115. The summed E-state index contributed by atoms with van der Waals surface area (Å²) in [5.41, 5.74) is -0.235. The van der Waals surface area contributed by atoms with E-state index >= 15 is 0 Å². The van der Waals surface area contributed by atoms with Gasteiger partial charge < -0.3 is 14.8 Å². The number of rotatable bonds is 8. The molecule has 1 aliphatic carbocycles. The molecule has 140 valence electrons. The fourth-order valence-corrected chi connectivity index (χ4v) is 2.84. The van der Waals surface area contributed by atoms with E-state index in [1.807, 2.05) is 4.90 Å². The lowest BCUT2D eigenvalue weighted by molar-refractivity contribution is -0.120. The lowest BCUT2D eigenvalue weighted by Crippen LogP contribution is -2.50. The number of pyridine rings is 1. The van der Waals surface area contributed by atoms with Crippen molar-refractivity contribution in [1.82, 2.24) is 14.8 Å². The van der Waals surface area contributed by atoms with Gasteiger partial charge in [-0.15, -0.1) is 0 Å². The molecule has 1 aromatic rings. The predicted octanol–water partition coefficient (Wildman–Crippen LogP) is 2.35. The van der Waals surface area contributed by atoms with Crippen molar-refractivity contribution in [1.29, 1.82) is 0 Å². The number of alkyl halides is 2. The summed E-state index contributed by atoms with van der Waals surface area (Å²) in [5.74, 6) is -2.45. The van der Waals surface area contributed by atoms with Crippen molar-refractivity contribution in [2.75, 3.05) is 20.1 Å². The van der Waals surface area contributed by atoms with Gasteiger partial charge in [0.2, 0.25) is 0 Å². The second kappa shape index (κ2) is 8.08. The van der Waals surface area contributed by atoms with Crippen molar-refractivity contribution >= 4 is 5.91 Å². The fourth-order valence-electron chi connectivity index (χ4n) is 2.84. The van der Waals surface area contributed by atoms with Gasteiger partial charge in [0.25, 0.3) is 17.4 Å². The maximum atomic E-state index is 12.9. The Morgan fingerprint density at radius 1 is 1.44 bits per heavy atom. The van der Waals surface area contributed by atoms with E-state index in [-0.39, 0.29) is 35.9 Å². The molecule has 1 amide bonds. The molecule has 1 aliphatic rings. The summed E-state index contributed by atoms with van der Waals surface area (Å²) in [6.07, 6.45) is 2.22. The van der Waals surface area contributed by atoms with Crippen molar-refractivity contribution < 1.29 is 13.6 Å². The number of amides is 1. The third-order valence-electron chi connectivity index (χ3n) is 4.66. The summed E-state index contributed by atoms with van der Waals surface area (Å²) in [6, 6.07) is 3.03. The van der Waals surface area contributed by atoms with Crippen LogP contribution < -0.4 is 10.9 Å². The van der Waals surface area contributed by atoms with Crippen LogP contribution in [0.4, 0.5) is 8.78 Å². The summed E-state index contributed by atoms with van der Waals surface area (Å²) < 4.78 is 27.3. The van der Waals surface area contributed by atoms with Crippen molar-refractivity contribution in [3.05, 3.63) is 34.2 Å². The molecule has 1 aromatic heterocycles. The molecular formula is C18H27F2N3O2. The second-order valence-corrected chi connectivity index (χ2v) is 7.26. The van der Waals surface area contributed by atoms with Crippen LogP contribution in [0.1, 0.15) is 43.5 Å². The average Bonchev–Trinajstić information content (AvgIpc) is 2.50. The van der Waals surface area contributed by atoms with Gasteiger partial charge in [0.1, 0.15) is 5.56 Å². The molecule has 2 rings (SSSR count). The van der Waals surface area contributed by atoms with E-state index in [2.05, 4.69) is 19.2 Å². The Morgan fingerprint density at radius 2 is 2.12 bits per heavy atom. The summed E-state index contributed by atoms with van der Waals surface area (Å²) in [4.78, 5) is 26.4. The van der Waals surface area contributed by atoms with Gasteiger partial charge in [0, 0.05) is 44.7 Å². The Bertz CT molecular complexity index is 650. The van der Waals surface area contributed by atoms with Crippen LogP contribution in [0.3, 0.4) is 0 Å². The van der Waals surface area contributed by atoms with Gasteiger partial charge in [-0.1, -0.05) is 13.8 Å². The molecule has 0 bridgehead atoms. The molecule has 1 N–H and O–H groups in total. The zero-order valence-corrected chi connectivity index (χ0v) is 15.1. The first-order valence-electron chi connectivity index (χ1n) is 8.75. The van der Waals surface area contributed by atoms with Crippen LogP contribution in [0.25, 0.3) is 0 Å². The normalized spacial score (nSPS) is 16.9. The van der Waals surface area contributed by atoms with Gasteiger partial charge in [-0.3, -0.25) is 9.59 Å². The van der Waals surface area contributed by atoms with E-state index in [1.54, 1.807) is 19.3 Å². The number of likely N-dealkylation sites (N-methyl/N-ethyl adjacent to an activating group) is 1. The molecule has 25 heavy (non-hydrogen) atoms. The zero-order valence-electron chi connectivity index (χ0n) is 15.1. The molecule has 0 atom stereocenters. The first-order chi connectivity index (χ1) is 11.7. The fraction of sp³-hybridized carbons (Fsp3) is 0.667. The molecule has 5 nitrogen and oxygen atoms in total. The van der Waals surface area contributed by atoms with Gasteiger partial charge >= 0.3 is 0 Å². The number of halogens is 2. The summed E-state index contributed by atoms with van der Waals surface area (Å²) in [6.45, 7) is 5.51. The van der Waals surface area contributed by atoms with Gasteiger partial charge in [-0.25, -0.2) is 8.78 Å². The largest absolute Gasteiger partial charge is 0.352 e. The van der Waals surface area contributed by atoms with Crippen LogP contribution in [-0.4, -0.2) is 47.5 Å².